The lowest BCUT2D eigenvalue weighted by atomic mass is 9.66. The molecule has 3 saturated heterocycles. The Kier molecular flexibility index (Phi) is 5.42. The minimum Gasteiger partial charge on any atom is -0.493 e. The van der Waals surface area contributed by atoms with Gasteiger partial charge in [-0.15, -0.1) is 0 Å². The molecule has 3 heterocycles. The van der Waals surface area contributed by atoms with Crippen molar-refractivity contribution in [3.63, 3.8) is 0 Å². The molecule has 3 aliphatic heterocycles. The number of ketones is 1. The molecule has 1 N–H and O–H groups in total. The number of aliphatic hydroxyl groups is 1. The number of carbonyl (C=O) groups excluding carboxylic acids is 3. The molecule has 192 valence electrons. The second kappa shape index (κ2) is 8.48. The van der Waals surface area contributed by atoms with Crippen LogP contribution in [0.25, 0.3) is 15.6 Å². The van der Waals surface area contributed by atoms with Gasteiger partial charge in [-0.2, -0.15) is 0 Å². The molecule has 0 radical (unpaired) electrons. The molecule has 6 rings (SSSR count). The van der Waals surface area contributed by atoms with E-state index in [1.165, 1.54) is 11.8 Å². The number of carbonyl (C=O) groups is 3. The molecule has 2 amide bonds. The second-order valence-electron chi connectivity index (χ2n) is 10.5. The minimum atomic E-state index is -1.19. The van der Waals surface area contributed by atoms with Gasteiger partial charge in [0.1, 0.15) is 11.4 Å². The van der Waals surface area contributed by atoms with Crippen LogP contribution in [0.1, 0.15) is 37.0 Å². The number of fused-ring (bicyclic) bond motifs is 6. The van der Waals surface area contributed by atoms with Crippen LogP contribution < -0.4 is 9.64 Å². The lowest BCUT2D eigenvalue weighted by Crippen LogP contribution is -2.49. The number of nitrogens with zero attached hydrogens (tertiary/aromatic N) is 2. The molecule has 0 aliphatic carbocycles. The van der Waals surface area contributed by atoms with Crippen LogP contribution in [0.3, 0.4) is 0 Å². The van der Waals surface area contributed by atoms with Crippen LogP contribution in [0.2, 0.25) is 0 Å². The molecule has 3 aliphatic rings. The summed E-state index contributed by atoms with van der Waals surface area (Å²) < 4.78 is 12.3. The van der Waals surface area contributed by atoms with E-state index in [0.717, 1.165) is 0 Å². The van der Waals surface area contributed by atoms with E-state index in [-0.39, 0.29) is 24.7 Å². The Bertz CT molecular complexity index is 1540. The fourth-order valence-electron chi connectivity index (χ4n) is 6.55. The summed E-state index contributed by atoms with van der Waals surface area (Å²) in [5, 5.41) is 12.3. The molecule has 0 saturated carbocycles. The summed E-state index contributed by atoms with van der Waals surface area (Å²) >= 11 is 0. The van der Waals surface area contributed by atoms with Gasteiger partial charge in [-0.3, -0.25) is 14.4 Å². The van der Waals surface area contributed by atoms with Crippen molar-refractivity contribution >= 4 is 39.7 Å². The van der Waals surface area contributed by atoms with Gasteiger partial charge < -0.3 is 14.6 Å². The van der Waals surface area contributed by atoms with Crippen molar-refractivity contribution in [3.05, 3.63) is 77.6 Å². The number of ether oxygens (including phenoxy) is 2. The standard InChI is InChI=1S/C30H26N2O6/c1-17(33)18-8-10-19(11-9-18)37-15-14-30-16-24(34)29(2,38-30)25-26(30)28(36)32(27(25)35)23-13-12-22(31-3)20-6-4-5-7-21(20)23/h4-13,24-26,34H,14-16H2,1-2H3/t24?,25-,26+,29?,30?/m1/s1. The molecule has 8 heteroatoms. The number of hydrogen-bond donors (Lipinski definition) is 1. The zero-order valence-corrected chi connectivity index (χ0v) is 21.0. The van der Waals surface area contributed by atoms with Gasteiger partial charge >= 0.3 is 0 Å². The normalized spacial score (nSPS) is 29.5. The Morgan fingerprint density at radius 3 is 2.45 bits per heavy atom. The van der Waals surface area contributed by atoms with E-state index >= 15 is 0 Å². The number of amides is 2. The molecule has 3 fully saturated rings. The lowest BCUT2D eigenvalue weighted by molar-refractivity contribution is -0.134. The van der Waals surface area contributed by atoms with E-state index in [1.807, 2.05) is 12.1 Å². The zero-order valence-electron chi connectivity index (χ0n) is 21.0. The van der Waals surface area contributed by atoms with Crippen LogP contribution >= 0.6 is 0 Å². The van der Waals surface area contributed by atoms with Crippen LogP contribution in [0.4, 0.5) is 11.4 Å². The van der Waals surface area contributed by atoms with Crippen LogP contribution in [-0.2, 0) is 14.3 Å². The summed E-state index contributed by atoms with van der Waals surface area (Å²) in [4.78, 5) is 44.2. The van der Waals surface area contributed by atoms with Crippen LogP contribution in [0.5, 0.6) is 5.75 Å². The molecule has 3 aromatic rings. The maximum atomic E-state index is 14.0. The molecule has 5 atom stereocenters. The van der Waals surface area contributed by atoms with E-state index in [0.29, 0.717) is 39.9 Å². The van der Waals surface area contributed by atoms with Crippen molar-refractivity contribution in [3.8, 4) is 5.75 Å². The molecule has 3 unspecified atom stereocenters. The third kappa shape index (κ3) is 3.32. The minimum absolute atomic E-state index is 0.0365. The first-order valence-corrected chi connectivity index (χ1v) is 12.6. The number of anilines is 1. The molecule has 0 spiro atoms. The summed E-state index contributed by atoms with van der Waals surface area (Å²) in [7, 11) is 0. The van der Waals surface area contributed by atoms with Crippen molar-refractivity contribution in [1.82, 2.24) is 0 Å². The summed E-state index contributed by atoms with van der Waals surface area (Å²) in [6, 6.07) is 17.3. The van der Waals surface area contributed by atoms with Crippen molar-refractivity contribution in [2.24, 2.45) is 11.8 Å². The largest absolute Gasteiger partial charge is 0.493 e. The number of benzene rings is 3. The predicted octanol–water partition coefficient (Wildman–Crippen LogP) is 4.46. The summed E-state index contributed by atoms with van der Waals surface area (Å²) in [6.07, 6.45) is -0.377. The highest BCUT2D eigenvalue weighted by Crippen LogP contribution is 2.62. The second-order valence-corrected chi connectivity index (χ2v) is 10.5. The van der Waals surface area contributed by atoms with Gasteiger partial charge in [0.15, 0.2) is 11.5 Å². The Hall–Kier alpha value is -4.06. The number of hydrogen-bond acceptors (Lipinski definition) is 6. The van der Waals surface area contributed by atoms with E-state index in [1.54, 1.807) is 55.5 Å². The first kappa shape index (κ1) is 24.3. The van der Waals surface area contributed by atoms with Gasteiger partial charge in [-0.25, -0.2) is 9.74 Å². The fraction of sp³-hybridized carbons (Fsp3) is 0.333. The first-order chi connectivity index (χ1) is 18.2. The van der Waals surface area contributed by atoms with Crippen molar-refractivity contribution < 1.29 is 29.0 Å². The number of imide groups is 1. The monoisotopic (exact) mass is 510 g/mol. The number of Topliss-reactive ketones (excluding diaryl/α,β-unsaturated/α-hetero) is 1. The predicted molar refractivity (Wildman–Crippen MR) is 139 cm³/mol. The van der Waals surface area contributed by atoms with Crippen LogP contribution in [0, 0.1) is 18.4 Å². The first-order valence-electron chi connectivity index (χ1n) is 12.6. The molecule has 0 aromatic heterocycles. The van der Waals surface area contributed by atoms with E-state index in [2.05, 4.69) is 4.85 Å². The Morgan fingerprint density at radius 2 is 1.76 bits per heavy atom. The van der Waals surface area contributed by atoms with Gasteiger partial charge in [0, 0.05) is 18.4 Å². The van der Waals surface area contributed by atoms with Gasteiger partial charge in [-0.05, 0) is 55.0 Å². The summed E-state index contributed by atoms with van der Waals surface area (Å²) in [5.74, 6) is -1.80. The van der Waals surface area contributed by atoms with Crippen LogP contribution in [-0.4, -0.2) is 46.6 Å². The highest BCUT2D eigenvalue weighted by Gasteiger charge is 2.77. The Labute approximate surface area is 219 Å². The molecule has 2 bridgehead atoms. The summed E-state index contributed by atoms with van der Waals surface area (Å²) in [5.41, 5.74) is -0.779. The molecular formula is C30H26N2O6. The van der Waals surface area contributed by atoms with Gasteiger partial charge in [0.05, 0.1) is 42.4 Å². The highest BCUT2D eigenvalue weighted by molar-refractivity contribution is 6.26. The average Bonchev–Trinajstić information content (AvgIpc) is 3.44. The Morgan fingerprint density at radius 1 is 1.08 bits per heavy atom. The lowest BCUT2D eigenvalue weighted by Gasteiger charge is -2.33. The van der Waals surface area contributed by atoms with E-state index in [9.17, 15) is 19.5 Å². The van der Waals surface area contributed by atoms with E-state index in [4.69, 9.17) is 16.0 Å². The zero-order chi connectivity index (χ0) is 26.8. The van der Waals surface area contributed by atoms with Gasteiger partial charge in [0.2, 0.25) is 11.8 Å². The molecule has 3 aromatic carbocycles. The van der Waals surface area contributed by atoms with Gasteiger partial charge in [-0.1, -0.05) is 30.3 Å². The number of aliphatic hydroxyl groups excluding tert-OH is 1. The topological polar surface area (TPSA) is 97.5 Å². The Balaban J connectivity index is 1.32. The van der Waals surface area contributed by atoms with Crippen LogP contribution in [0.15, 0.2) is 60.7 Å². The highest BCUT2D eigenvalue weighted by atomic mass is 16.6. The third-order valence-corrected chi connectivity index (χ3v) is 8.41. The molecule has 38 heavy (non-hydrogen) atoms. The fourth-order valence-corrected chi connectivity index (χ4v) is 6.55. The van der Waals surface area contributed by atoms with E-state index < -0.39 is 35.0 Å². The summed E-state index contributed by atoms with van der Waals surface area (Å²) in [6.45, 7) is 10.9. The average molecular weight is 511 g/mol. The number of rotatable bonds is 6. The smallest absolute Gasteiger partial charge is 0.240 e. The van der Waals surface area contributed by atoms with Crippen molar-refractivity contribution in [2.75, 3.05) is 11.5 Å². The van der Waals surface area contributed by atoms with Crippen molar-refractivity contribution in [2.45, 2.75) is 44.0 Å². The SMILES string of the molecule is [C-]#[N+]c1ccc(N2C(=O)[C@@H]3[C@H](C2=O)C2(C)OC3(CCOc3ccc(C(C)=O)cc3)CC2O)c2ccccc12. The molecule has 8 nitrogen and oxygen atoms in total. The maximum Gasteiger partial charge on any atom is 0.240 e. The third-order valence-electron chi connectivity index (χ3n) is 8.41. The molecular weight excluding hydrogens is 484 g/mol. The quantitative estimate of drug-likeness (QED) is 0.299. The van der Waals surface area contributed by atoms with Gasteiger partial charge in [0.25, 0.3) is 0 Å². The maximum absolute atomic E-state index is 14.0. The van der Waals surface area contributed by atoms with Crippen molar-refractivity contribution in [1.29, 1.82) is 0 Å².